The first-order chi connectivity index (χ1) is 8.73. The summed E-state index contributed by atoms with van der Waals surface area (Å²) in [5.41, 5.74) is 1.50. The number of hydrogen-bond acceptors (Lipinski definition) is 2. The molecule has 0 heterocycles. The van der Waals surface area contributed by atoms with Crippen LogP contribution >= 0.6 is 0 Å². The van der Waals surface area contributed by atoms with Crippen molar-refractivity contribution in [3.63, 3.8) is 0 Å². The first-order valence-corrected chi connectivity index (χ1v) is 7.28. The van der Waals surface area contributed by atoms with Crippen LogP contribution in [0.5, 0.6) is 0 Å². The largest absolute Gasteiger partial charge is 0.306 e. The number of rotatable bonds is 1. The van der Waals surface area contributed by atoms with Gasteiger partial charge in [0.05, 0.1) is 0 Å². The number of carbonyl (C=O) groups is 1. The first-order valence-electron chi connectivity index (χ1n) is 7.28. The Morgan fingerprint density at radius 1 is 1.32 bits per heavy atom. The molecule has 1 rings (SSSR count). The molecule has 0 aromatic heterocycles. The van der Waals surface area contributed by atoms with Gasteiger partial charge in [-0.05, 0) is 51.8 Å². The van der Waals surface area contributed by atoms with E-state index in [-0.39, 0.29) is 17.1 Å². The number of allylic oxidation sites excluding steroid dienone is 4. The lowest BCUT2D eigenvalue weighted by Crippen LogP contribution is -2.37. The molecule has 0 fully saturated rings. The second-order valence-electron chi connectivity index (χ2n) is 6.84. The summed E-state index contributed by atoms with van der Waals surface area (Å²) < 4.78 is 0. The Morgan fingerprint density at radius 3 is 2.53 bits per heavy atom. The van der Waals surface area contributed by atoms with Gasteiger partial charge >= 0.3 is 0 Å². The average molecular weight is 263 g/mol. The van der Waals surface area contributed by atoms with Crippen molar-refractivity contribution in [1.29, 1.82) is 0 Å². The highest BCUT2D eigenvalue weighted by molar-refractivity contribution is 5.92. The summed E-state index contributed by atoms with van der Waals surface area (Å²) in [5, 5.41) is 0. The van der Waals surface area contributed by atoms with E-state index in [2.05, 4.69) is 58.8 Å². The summed E-state index contributed by atoms with van der Waals surface area (Å²) in [7, 11) is 4.14. The SMILES string of the molecule is C/C1=C\CC(C)(C)/C=C/C(=O)[C@H](C)C(N(C)C)CC1. The third-order valence-corrected chi connectivity index (χ3v) is 4.20. The van der Waals surface area contributed by atoms with Crippen LogP contribution in [0, 0.1) is 11.3 Å². The molecule has 2 nitrogen and oxygen atoms in total. The second-order valence-corrected chi connectivity index (χ2v) is 6.84. The van der Waals surface area contributed by atoms with E-state index in [1.54, 1.807) is 6.08 Å². The van der Waals surface area contributed by atoms with E-state index in [0.717, 1.165) is 19.3 Å². The van der Waals surface area contributed by atoms with Crippen LogP contribution in [-0.2, 0) is 4.79 Å². The molecular formula is C17H29NO. The number of hydrogen-bond donors (Lipinski definition) is 0. The minimum absolute atomic E-state index is 0.0629. The normalized spacial score (nSPS) is 33.4. The number of nitrogens with zero attached hydrogens (tertiary/aromatic N) is 1. The fourth-order valence-electron chi connectivity index (χ4n) is 2.59. The third kappa shape index (κ3) is 4.94. The molecule has 0 spiro atoms. The Labute approximate surface area is 118 Å². The maximum absolute atomic E-state index is 12.3. The predicted octanol–water partition coefficient (Wildman–Crippen LogP) is 3.83. The highest BCUT2D eigenvalue weighted by Gasteiger charge is 2.25. The van der Waals surface area contributed by atoms with Crippen LogP contribution in [0.15, 0.2) is 23.8 Å². The van der Waals surface area contributed by atoms with Gasteiger partial charge in [0.15, 0.2) is 5.78 Å². The van der Waals surface area contributed by atoms with Crippen LogP contribution in [0.4, 0.5) is 0 Å². The van der Waals surface area contributed by atoms with Gasteiger partial charge in [0, 0.05) is 12.0 Å². The van der Waals surface area contributed by atoms with Gasteiger partial charge in [-0.15, -0.1) is 0 Å². The van der Waals surface area contributed by atoms with Crippen molar-refractivity contribution in [3.8, 4) is 0 Å². The predicted molar refractivity (Wildman–Crippen MR) is 82.2 cm³/mol. The summed E-state index contributed by atoms with van der Waals surface area (Å²) in [6, 6.07) is 0.321. The van der Waals surface area contributed by atoms with E-state index in [0.29, 0.717) is 6.04 Å². The minimum Gasteiger partial charge on any atom is -0.306 e. The molecule has 0 saturated heterocycles. The molecule has 0 amide bonds. The smallest absolute Gasteiger partial charge is 0.159 e. The molecule has 0 aliphatic heterocycles. The van der Waals surface area contributed by atoms with Crippen LogP contribution in [0.1, 0.15) is 47.0 Å². The van der Waals surface area contributed by atoms with Gasteiger partial charge in [-0.1, -0.05) is 38.5 Å². The Bertz CT molecular complexity index is 377. The number of ketones is 1. The molecule has 2 atom stereocenters. The van der Waals surface area contributed by atoms with E-state index in [1.807, 2.05) is 0 Å². The van der Waals surface area contributed by atoms with E-state index in [1.165, 1.54) is 5.57 Å². The van der Waals surface area contributed by atoms with Crippen LogP contribution in [0.3, 0.4) is 0 Å². The molecule has 0 radical (unpaired) electrons. The van der Waals surface area contributed by atoms with Gasteiger partial charge < -0.3 is 4.90 Å². The monoisotopic (exact) mass is 263 g/mol. The number of carbonyl (C=O) groups excluding carboxylic acids is 1. The maximum atomic E-state index is 12.3. The topological polar surface area (TPSA) is 20.3 Å². The average Bonchev–Trinajstić information content (AvgIpc) is 2.33. The Hall–Kier alpha value is -0.890. The van der Waals surface area contributed by atoms with Crippen molar-refractivity contribution in [1.82, 2.24) is 4.90 Å². The molecule has 108 valence electrons. The molecule has 0 saturated carbocycles. The zero-order valence-electron chi connectivity index (χ0n) is 13.4. The Kier molecular flexibility index (Phi) is 5.54. The van der Waals surface area contributed by atoms with Crippen molar-refractivity contribution in [2.75, 3.05) is 14.1 Å². The molecule has 0 aromatic rings. The van der Waals surface area contributed by atoms with Gasteiger partial charge in [-0.2, -0.15) is 0 Å². The summed E-state index contributed by atoms with van der Waals surface area (Å²) in [5.74, 6) is 0.319. The molecule has 0 bridgehead atoms. The summed E-state index contributed by atoms with van der Waals surface area (Å²) in [6.07, 6.45) is 9.34. The molecule has 1 aliphatic carbocycles. The van der Waals surface area contributed by atoms with Crippen molar-refractivity contribution in [2.45, 2.75) is 53.0 Å². The molecule has 0 N–H and O–H groups in total. The van der Waals surface area contributed by atoms with E-state index >= 15 is 0 Å². The van der Waals surface area contributed by atoms with E-state index in [9.17, 15) is 4.79 Å². The molecule has 0 aromatic carbocycles. The minimum atomic E-state index is 0.0629. The molecule has 2 heteroatoms. The fourth-order valence-corrected chi connectivity index (χ4v) is 2.59. The van der Waals surface area contributed by atoms with Crippen molar-refractivity contribution >= 4 is 5.78 Å². The van der Waals surface area contributed by atoms with Crippen LogP contribution < -0.4 is 0 Å². The third-order valence-electron chi connectivity index (χ3n) is 4.20. The zero-order chi connectivity index (χ0) is 14.6. The van der Waals surface area contributed by atoms with Crippen LogP contribution in [0.2, 0.25) is 0 Å². The Balaban J connectivity index is 3.01. The maximum Gasteiger partial charge on any atom is 0.159 e. The highest BCUT2D eigenvalue weighted by atomic mass is 16.1. The first kappa shape index (κ1) is 16.2. The highest BCUT2D eigenvalue weighted by Crippen LogP contribution is 2.27. The Morgan fingerprint density at radius 2 is 1.95 bits per heavy atom. The van der Waals surface area contributed by atoms with E-state index in [4.69, 9.17) is 0 Å². The van der Waals surface area contributed by atoms with Crippen molar-refractivity contribution < 1.29 is 4.79 Å². The molecular weight excluding hydrogens is 234 g/mol. The van der Waals surface area contributed by atoms with E-state index < -0.39 is 0 Å². The van der Waals surface area contributed by atoms with Gasteiger partial charge in [0.25, 0.3) is 0 Å². The molecule has 1 unspecified atom stereocenters. The molecule has 1 aliphatic rings. The van der Waals surface area contributed by atoms with Crippen molar-refractivity contribution in [3.05, 3.63) is 23.8 Å². The van der Waals surface area contributed by atoms with Gasteiger partial charge in [0.2, 0.25) is 0 Å². The summed E-state index contributed by atoms with van der Waals surface area (Å²) in [6.45, 7) is 8.64. The van der Waals surface area contributed by atoms with Crippen LogP contribution in [-0.4, -0.2) is 30.8 Å². The van der Waals surface area contributed by atoms with Gasteiger partial charge in [-0.3, -0.25) is 4.79 Å². The summed E-state index contributed by atoms with van der Waals surface area (Å²) >= 11 is 0. The van der Waals surface area contributed by atoms with Gasteiger partial charge in [0.1, 0.15) is 0 Å². The summed E-state index contributed by atoms with van der Waals surface area (Å²) in [4.78, 5) is 14.5. The lowest BCUT2D eigenvalue weighted by atomic mass is 9.87. The molecule has 19 heavy (non-hydrogen) atoms. The second kappa shape index (κ2) is 6.51. The lowest BCUT2D eigenvalue weighted by molar-refractivity contribution is -0.119. The lowest BCUT2D eigenvalue weighted by Gasteiger charge is -2.29. The fraction of sp³-hybridized carbons (Fsp3) is 0.706. The van der Waals surface area contributed by atoms with Crippen molar-refractivity contribution in [2.24, 2.45) is 11.3 Å². The zero-order valence-corrected chi connectivity index (χ0v) is 13.4. The quantitative estimate of drug-likeness (QED) is 0.670. The van der Waals surface area contributed by atoms with Gasteiger partial charge in [-0.25, -0.2) is 0 Å². The van der Waals surface area contributed by atoms with Crippen LogP contribution in [0.25, 0.3) is 0 Å². The standard InChI is InChI=1S/C17H29NO/c1-13-7-8-15(18(5)6)14(2)16(19)10-12-17(3,4)11-9-13/h9-10,12,14-15H,7-8,11H2,1-6H3/b12-10+,13-9+/t14-,15?/m1/s1.